The van der Waals surface area contributed by atoms with Gasteiger partial charge in [0.1, 0.15) is 9.39 Å². The quantitative estimate of drug-likeness (QED) is 0.354. The summed E-state index contributed by atoms with van der Waals surface area (Å²) in [5.41, 5.74) is -2.88. The molecule has 0 aliphatic rings. The van der Waals surface area contributed by atoms with E-state index in [0.29, 0.717) is 6.07 Å². The molecule has 1 heterocycles. The van der Waals surface area contributed by atoms with Gasteiger partial charge in [-0.3, -0.25) is 4.79 Å². The molecule has 0 saturated heterocycles. The minimum Gasteiger partial charge on any atom is -0.298 e. The highest BCUT2D eigenvalue weighted by atomic mass is 127. The standard InChI is InChI=1S/C8H3F5INO/c9-6(10)5-3(2-16)1-4(7(14)15-5)8(11,12)13/h1-2,6H. The molecule has 0 aromatic carbocycles. The Morgan fingerprint density at radius 3 is 2.31 bits per heavy atom. The van der Waals surface area contributed by atoms with Gasteiger partial charge in [0.2, 0.25) is 0 Å². The minimum absolute atomic E-state index is 0.0696. The van der Waals surface area contributed by atoms with Crippen LogP contribution in [0.15, 0.2) is 6.07 Å². The zero-order chi connectivity index (χ0) is 12.5. The number of carbonyl (C=O) groups is 1. The molecule has 0 bridgehead atoms. The molecule has 0 saturated carbocycles. The topological polar surface area (TPSA) is 30.0 Å². The Hall–Kier alpha value is -0.800. The Bertz CT molecular complexity index is 418. The second kappa shape index (κ2) is 4.60. The summed E-state index contributed by atoms with van der Waals surface area (Å²) in [5.74, 6) is 0. The fourth-order valence-corrected chi connectivity index (χ4v) is 1.71. The largest absolute Gasteiger partial charge is 0.418 e. The number of halogens is 6. The van der Waals surface area contributed by atoms with Crippen molar-refractivity contribution < 1.29 is 26.7 Å². The Labute approximate surface area is 100.0 Å². The molecular formula is C8H3F5INO. The van der Waals surface area contributed by atoms with Gasteiger partial charge in [-0.25, -0.2) is 13.8 Å². The predicted molar refractivity (Wildman–Crippen MR) is 52.3 cm³/mol. The SMILES string of the molecule is O=Cc1cc(C(F)(F)F)c(I)nc1C(F)F. The maximum Gasteiger partial charge on any atom is 0.418 e. The van der Waals surface area contributed by atoms with Crippen LogP contribution in [0.5, 0.6) is 0 Å². The molecule has 0 atom stereocenters. The van der Waals surface area contributed by atoms with Gasteiger partial charge in [0.15, 0.2) is 6.29 Å². The minimum atomic E-state index is -4.72. The van der Waals surface area contributed by atoms with Gasteiger partial charge in [-0.15, -0.1) is 0 Å². The van der Waals surface area contributed by atoms with Gasteiger partial charge in [-0.2, -0.15) is 13.2 Å². The maximum absolute atomic E-state index is 12.3. The highest BCUT2D eigenvalue weighted by molar-refractivity contribution is 14.1. The van der Waals surface area contributed by atoms with E-state index in [-0.39, 0.29) is 6.29 Å². The number of hydrogen-bond donors (Lipinski definition) is 0. The third kappa shape index (κ3) is 2.66. The zero-order valence-electron chi connectivity index (χ0n) is 7.36. The highest BCUT2D eigenvalue weighted by Gasteiger charge is 2.35. The van der Waals surface area contributed by atoms with E-state index < -0.39 is 33.1 Å². The summed E-state index contributed by atoms with van der Waals surface area (Å²) in [7, 11) is 0. The van der Waals surface area contributed by atoms with Gasteiger partial charge < -0.3 is 0 Å². The van der Waals surface area contributed by atoms with E-state index in [1.54, 1.807) is 0 Å². The molecule has 2 nitrogen and oxygen atoms in total. The predicted octanol–water partition coefficient (Wildman–Crippen LogP) is 3.46. The Morgan fingerprint density at radius 1 is 1.38 bits per heavy atom. The fourth-order valence-electron chi connectivity index (χ4n) is 0.987. The van der Waals surface area contributed by atoms with Crippen molar-refractivity contribution in [1.29, 1.82) is 0 Å². The molecule has 1 rings (SSSR count). The number of carbonyl (C=O) groups excluding carboxylic acids is 1. The van der Waals surface area contributed by atoms with Crippen molar-refractivity contribution in [3.63, 3.8) is 0 Å². The number of pyridine rings is 1. The van der Waals surface area contributed by atoms with Gasteiger partial charge in [-0.1, -0.05) is 0 Å². The second-order valence-corrected chi connectivity index (χ2v) is 3.74. The van der Waals surface area contributed by atoms with Crippen LogP contribution >= 0.6 is 22.6 Å². The summed E-state index contributed by atoms with van der Waals surface area (Å²) < 4.78 is 61.1. The second-order valence-electron chi connectivity index (χ2n) is 2.72. The van der Waals surface area contributed by atoms with E-state index in [1.807, 2.05) is 0 Å². The lowest BCUT2D eigenvalue weighted by atomic mass is 10.1. The Morgan fingerprint density at radius 2 is 1.94 bits per heavy atom. The van der Waals surface area contributed by atoms with E-state index in [0.717, 1.165) is 0 Å². The van der Waals surface area contributed by atoms with E-state index in [1.165, 1.54) is 22.6 Å². The smallest absolute Gasteiger partial charge is 0.298 e. The molecular weight excluding hydrogens is 348 g/mol. The van der Waals surface area contributed by atoms with Crippen LogP contribution in [-0.2, 0) is 6.18 Å². The molecule has 16 heavy (non-hydrogen) atoms. The summed E-state index contributed by atoms with van der Waals surface area (Å²) in [6.07, 6.45) is -7.88. The van der Waals surface area contributed by atoms with Gasteiger partial charge in [0.05, 0.1) is 5.56 Å². The summed E-state index contributed by atoms with van der Waals surface area (Å²) in [5, 5.41) is 0. The molecule has 8 heteroatoms. The van der Waals surface area contributed by atoms with Crippen LogP contribution in [-0.4, -0.2) is 11.3 Å². The third-order valence-corrected chi connectivity index (χ3v) is 2.50. The van der Waals surface area contributed by atoms with Gasteiger partial charge in [-0.05, 0) is 28.7 Å². The average Bonchev–Trinajstić information content (AvgIpc) is 2.15. The molecule has 0 amide bonds. The number of alkyl halides is 5. The van der Waals surface area contributed by atoms with E-state index in [9.17, 15) is 26.7 Å². The molecule has 0 fully saturated rings. The lowest BCUT2D eigenvalue weighted by Gasteiger charge is -2.11. The average molecular weight is 351 g/mol. The first-order valence-electron chi connectivity index (χ1n) is 3.78. The third-order valence-electron chi connectivity index (χ3n) is 1.68. The van der Waals surface area contributed by atoms with Crippen molar-refractivity contribution in [3.8, 4) is 0 Å². The Balaban J connectivity index is 3.43. The van der Waals surface area contributed by atoms with Crippen LogP contribution in [0.25, 0.3) is 0 Å². The number of aromatic nitrogens is 1. The van der Waals surface area contributed by atoms with Crippen molar-refractivity contribution in [2.75, 3.05) is 0 Å². The van der Waals surface area contributed by atoms with Crippen molar-refractivity contribution in [2.45, 2.75) is 12.6 Å². The molecule has 0 N–H and O–H groups in total. The van der Waals surface area contributed by atoms with Crippen LogP contribution < -0.4 is 0 Å². The van der Waals surface area contributed by atoms with Gasteiger partial charge in [0.25, 0.3) is 6.43 Å². The highest BCUT2D eigenvalue weighted by Crippen LogP contribution is 2.34. The Kier molecular flexibility index (Phi) is 3.81. The van der Waals surface area contributed by atoms with Crippen molar-refractivity contribution in [3.05, 3.63) is 26.6 Å². The molecule has 0 aliphatic heterocycles. The number of hydrogen-bond acceptors (Lipinski definition) is 2. The van der Waals surface area contributed by atoms with E-state index in [4.69, 9.17) is 0 Å². The van der Waals surface area contributed by atoms with E-state index in [2.05, 4.69) is 4.98 Å². The van der Waals surface area contributed by atoms with Gasteiger partial charge >= 0.3 is 6.18 Å². The maximum atomic E-state index is 12.3. The first-order valence-corrected chi connectivity index (χ1v) is 4.86. The molecule has 0 aliphatic carbocycles. The van der Waals surface area contributed by atoms with Crippen molar-refractivity contribution in [1.82, 2.24) is 4.98 Å². The molecule has 1 aromatic rings. The number of rotatable bonds is 2. The lowest BCUT2D eigenvalue weighted by molar-refractivity contribution is -0.138. The first-order chi connectivity index (χ1) is 7.27. The van der Waals surface area contributed by atoms with Crippen LogP contribution in [0.2, 0.25) is 0 Å². The molecule has 0 radical (unpaired) electrons. The normalized spacial score (nSPS) is 11.9. The zero-order valence-corrected chi connectivity index (χ0v) is 9.51. The summed E-state index contributed by atoms with van der Waals surface area (Å²) in [4.78, 5) is 13.5. The summed E-state index contributed by atoms with van der Waals surface area (Å²) in [6, 6.07) is 0.378. The molecule has 0 unspecified atom stereocenters. The van der Waals surface area contributed by atoms with Gasteiger partial charge in [0, 0.05) is 5.56 Å². The first kappa shape index (κ1) is 13.3. The summed E-state index contributed by atoms with van der Waals surface area (Å²) >= 11 is 1.20. The molecule has 1 aromatic heterocycles. The molecule has 0 spiro atoms. The van der Waals surface area contributed by atoms with E-state index >= 15 is 0 Å². The number of aldehydes is 1. The van der Waals surface area contributed by atoms with Crippen molar-refractivity contribution in [2.24, 2.45) is 0 Å². The monoisotopic (exact) mass is 351 g/mol. The summed E-state index contributed by atoms with van der Waals surface area (Å²) in [6.45, 7) is 0. The van der Waals surface area contributed by atoms with Crippen LogP contribution in [0.1, 0.15) is 28.0 Å². The molecule has 88 valence electrons. The number of nitrogens with zero attached hydrogens (tertiary/aromatic N) is 1. The van der Waals surface area contributed by atoms with Crippen LogP contribution in [0.4, 0.5) is 22.0 Å². The van der Waals surface area contributed by atoms with Crippen LogP contribution in [0, 0.1) is 3.70 Å². The fraction of sp³-hybridized carbons (Fsp3) is 0.250. The van der Waals surface area contributed by atoms with Crippen LogP contribution in [0.3, 0.4) is 0 Å². The lowest BCUT2D eigenvalue weighted by Crippen LogP contribution is -2.12. The van der Waals surface area contributed by atoms with Crippen molar-refractivity contribution >= 4 is 28.9 Å².